The van der Waals surface area contributed by atoms with Crippen LogP contribution in [0.15, 0.2) is 55.2 Å². The number of nitrogens with zero attached hydrogens (tertiary/aromatic N) is 7. The van der Waals surface area contributed by atoms with Crippen molar-refractivity contribution in [1.82, 2.24) is 54.1 Å². The number of hydrogen-bond acceptors (Lipinski definition) is 11. The SMILES string of the molecule is Cn1cccc1C(=O)NCCC(=O)NCCC(=O)Nc1cn(C)c(C(=O)Nc2cc(C(=O)NCCC(=O)Nc3cc(C(=O)Nc4cn(C)c(C(=O)NCCC(=O)C(C)(C)C)n4)n(C)c3)n(C)c2)n1. The number of carbonyl (C=O) groups excluding carboxylic acids is 9. The van der Waals surface area contributed by atoms with Gasteiger partial charge in [-0.05, 0) is 24.3 Å². The number of aromatic nitrogens is 7. The Hall–Kier alpha value is -8.31. The van der Waals surface area contributed by atoms with Crippen LogP contribution in [0.4, 0.5) is 23.0 Å². The molecule has 8 amide bonds. The number of nitrogens with one attached hydrogen (secondary N) is 8. The summed E-state index contributed by atoms with van der Waals surface area (Å²) < 4.78 is 7.51. The summed E-state index contributed by atoms with van der Waals surface area (Å²) in [5, 5.41) is 21.2. The summed E-state index contributed by atoms with van der Waals surface area (Å²) in [7, 11) is 8.11. The number of Topliss-reactive ketones (excluding diaryl/α,β-unsaturated/α-hetero) is 1. The minimum atomic E-state index is -0.622. The lowest BCUT2D eigenvalue weighted by Crippen LogP contribution is -2.32. The van der Waals surface area contributed by atoms with E-state index in [1.165, 1.54) is 55.2 Å². The van der Waals surface area contributed by atoms with Crippen LogP contribution in [0.2, 0.25) is 0 Å². The standard InChI is InChI=1S/C44H57N15O9/c1-44(2,3)31(60)11-15-48-42(67)37-53-33(25-58(37)7)54-41(66)30-20-26(22-57(30)6)49-35(62)14-18-47-40(65)29-21-27(23-56(29)5)50-43(68)38-52-32(24-59(38)8)51-36(63)13-16-45-34(61)12-17-46-39(64)28-10-9-19-55(28)4/h9-10,19-25H,11-18H2,1-8H3,(H,45,61)(H,46,64)(H,47,65)(H,48,67)(H,49,62)(H,50,68)(H,51,63)(H,54,66). The van der Waals surface area contributed by atoms with Crippen molar-refractivity contribution < 1.29 is 43.2 Å². The zero-order valence-electron chi connectivity index (χ0n) is 39.2. The Kier molecular flexibility index (Phi) is 16.6. The van der Waals surface area contributed by atoms with Crippen molar-refractivity contribution >= 4 is 76.1 Å². The molecule has 5 aromatic heterocycles. The number of carbonyl (C=O) groups is 9. The van der Waals surface area contributed by atoms with E-state index >= 15 is 0 Å². The molecule has 0 unspecified atom stereocenters. The second-order valence-corrected chi connectivity index (χ2v) is 16.9. The highest BCUT2D eigenvalue weighted by molar-refractivity contribution is 6.05. The molecule has 362 valence electrons. The van der Waals surface area contributed by atoms with Gasteiger partial charge in [-0.1, -0.05) is 20.8 Å². The van der Waals surface area contributed by atoms with Crippen molar-refractivity contribution in [2.75, 3.05) is 47.4 Å². The summed E-state index contributed by atoms with van der Waals surface area (Å²) in [6.45, 7) is 5.68. The Morgan fingerprint density at radius 1 is 0.471 bits per heavy atom. The molecule has 0 radical (unpaired) electrons. The van der Waals surface area contributed by atoms with Gasteiger partial charge < -0.3 is 65.4 Å². The summed E-state index contributed by atoms with van der Waals surface area (Å²) in [4.78, 5) is 122. The molecular formula is C44H57N15O9. The molecule has 68 heavy (non-hydrogen) atoms. The number of rotatable bonds is 21. The van der Waals surface area contributed by atoms with Crippen molar-refractivity contribution in [2.45, 2.75) is 46.5 Å². The molecule has 0 fully saturated rings. The van der Waals surface area contributed by atoms with Crippen LogP contribution in [-0.4, -0.2) is 112 Å². The van der Waals surface area contributed by atoms with Gasteiger partial charge in [-0.15, -0.1) is 0 Å². The molecule has 0 saturated carbocycles. The van der Waals surface area contributed by atoms with Gasteiger partial charge in [0.1, 0.15) is 22.9 Å². The summed E-state index contributed by atoms with van der Waals surface area (Å²) in [6.07, 6.45) is 7.72. The summed E-state index contributed by atoms with van der Waals surface area (Å²) in [5.74, 6) is -3.51. The zero-order valence-corrected chi connectivity index (χ0v) is 39.2. The first-order valence-electron chi connectivity index (χ1n) is 21.5. The van der Waals surface area contributed by atoms with Crippen LogP contribution in [0, 0.1) is 5.41 Å². The highest BCUT2D eigenvalue weighted by atomic mass is 16.2. The lowest BCUT2D eigenvalue weighted by Gasteiger charge is -2.16. The molecule has 0 saturated heterocycles. The Labute approximate surface area is 391 Å². The molecule has 0 aliphatic heterocycles. The van der Waals surface area contributed by atoms with Gasteiger partial charge >= 0.3 is 0 Å². The van der Waals surface area contributed by atoms with Crippen molar-refractivity contribution in [3.8, 4) is 0 Å². The predicted molar refractivity (Wildman–Crippen MR) is 249 cm³/mol. The monoisotopic (exact) mass is 939 g/mol. The minimum absolute atomic E-state index is 0.00566. The van der Waals surface area contributed by atoms with Crippen molar-refractivity contribution in [3.05, 3.63) is 84.0 Å². The molecule has 5 rings (SSSR count). The third-order valence-corrected chi connectivity index (χ3v) is 10.3. The normalized spacial score (nSPS) is 11.1. The van der Waals surface area contributed by atoms with E-state index in [-0.39, 0.29) is 110 Å². The smallest absolute Gasteiger partial charge is 0.291 e. The van der Waals surface area contributed by atoms with Gasteiger partial charge in [0.15, 0.2) is 11.6 Å². The van der Waals surface area contributed by atoms with Crippen LogP contribution >= 0.6 is 0 Å². The van der Waals surface area contributed by atoms with Crippen molar-refractivity contribution in [2.24, 2.45) is 40.7 Å². The molecule has 0 aromatic carbocycles. The van der Waals surface area contributed by atoms with E-state index in [0.29, 0.717) is 11.4 Å². The average Bonchev–Trinajstić information content (AvgIpc) is 4.09. The molecule has 24 nitrogen and oxygen atoms in total. The Morgan fingerprint density at radius 3 is 1.51 bits per heavy atom. The zero-order chi connectivity index (χ0) is 49.9. The molecule has 0 bridgehead atoms. The van der Waals surface area contributed by atoms with Crippen molar-refractivity contribution in [3.63, 3.8) is 0 Å². The highest BCUT2D eigenvalue weighted by Crippen LogP contribution is 2.19. The molecule has 5 aromatic rings. The maximum Gasteiger partial charge on any atom is 0.291 e. The summed E-state index contributed by atoms with van der Waals surface area (Å²) >= 11 is 0. The Morgan fingerprint density at radius 2 is 0.941 bits per heavy atom. The van der Waals surface area contributed by atoms with Crippen LogP contribution < -0.4 is 42.5 Å². The Bertz CT molecular complexity index is 2730. The number of amides is 8. The van der Waals surface area contributed by atoms with E-state index in [1.807, 2.05) is 0 Å². The van der Waals surface area contributed by atoms with Crippen molar-refractivity contribution in [1.29, 1.82) is 0 Å². The largest absolute Gasteiger partial charge is 0.356 e. The van der Waals surface area contributed by atoms with Gasteiger partial charge in [-0.3, -0.25) is 43.2 Å². The molecule has 0 aliphatic carbocycles. The Balaban J connectivity index is 1.01. The fraction of sp³-hybridized carbons (Fsp3) is 0.386. The summed E-state index contributed by atoms with van der Waals surface area (Å²) in [6, 6.07) is 6.30. The van der Waals surface area contributed by atoms with Gasteiger partial charge in [0.25, 0.3) is 29.5 Å². The van der Waals surface area contributed by atoms with Crippen LogP contribution in [0.5, 0.6) is 0 Å². The first-order valence-corrected chi connectivity index (χ1v) is 21.5. The van der Waals surface area contributed by atoms with E-state index in [9.17, 15) is 43.2 Å². The van der Waals surface area contributed by atoms with E-state index < -0.39 is 40.9 Å². The average molecular weight is 940 g/mol. The fourth-order valence-corrected chi connectivity index (χ4v) is 6.59. The van der Waals surface area contributed by atoms with Gasteiger partial charge in [0.2, 0.25) is 29.4 Å². The highest BCUT2D eigenvalue weighted by Gasteiger charge is 2.23. The number of ketones is 1. The maximum absolute atomic E-state index is 13.1. The molecule has 8 N–H and O–H groups in total. The van der Waals surface area contributed by atoms with E-state index in [4.69, 9.17) is 0 Å². The number of aryl methyl sites for hydroxylation is 5. The lowest BCUT2D eigenvalue weighted by molar-refractivity contribution is -0.126. The van der Waals surface area contributed by atoms with E-state index in [0.717, 1.165) is 0 Å². The quantitative estimate of drug-likeness (QED) is 0.0521. The minimum Gasteiger partial charge on any atom is -0.356 e. The number of imidazole rings is 2. The summed E-state index contributed by atoms with van der Waals surface area (Å²) in [5.41, 5.74) is 0.918. The molecule has 24 heteroatoms. The number of hydrogen-bond donors (Lipinski definition) is 8. The van der Waals surface area contributed by atoms with Gasteiger partial charge in [0, 0.05) is 123 Å². The fourth-order valence-electron chi connectivity index (χ4n) is 6.59. The lowest BCUT2D eigenvalue weighted by atomic mass is 9.89. The van der Waals surface area contributed by atoms with Gasteiger partial charge in [0.05, 0.1) is 11.4 Å². The third kappa shape index (κ3) is 13.9. The molecule has 5 heterocycles. The first kappa shape index (κ1) is 50.7. The maximum atomic E-state index is 13.1. The third-order valence-electron chi connectivity index (χ3n) is 10.3. The van der Waals surface area contributed by atoms with Gasteiger partial charge in [-0.25, -0.2) is 9.97 Å². The van der Waals surface area contributed by atoms with E-state index in [1.54, 1.807) is 78.9 Å². The van der Waals surface area contributed by atoms with Crippen LogP contribution in [0.25, 0.3) is 0 Å². The second kappa shape index (κ2) is 22.3. The first-order chi connectivity index (χ1) is 32.1. The van der Waals surface area contributed by atoms with Gasteiger partial charge in [-0.2, -0.15) is 0 Å². The van der Waals surface area contributed by atoms with Crippen LogP contribution in [-0.2, 0) is 54.4 Å². The number of anilines is 4. The topological polar surface area (TPSA) is 300 Å². The molecule has 0 atom stereocenters. The van der Waals surface area contributed by atoms with Crippen LogP contribution in [0.1, 0.15) is 99.2 Å². The molecular weight excluding hydrogens is 883 g/mol. The molecule has 0 spiro atoms. The van der Waals surface area contributed by atoms with E-state index in [2.05, 4.69) is 52.5 Å². The second-order valence-electron chi connectivity index (χ2n) is 16.9. The van der Waals surface area contributed by atoms with Crippen LogP contribution in [0.3, 0.4) is 0 Å². The molecule has 0 aliphatic rings. The predicted octanol–water partition coefficient (Wildman–Crippen LogP) is 1.43.